The van der Waals surface area contributed by atoms with Crippen LogP contribution in [0.3, 0.4) is 0 Å². The number of amides is 1. The Kier molecular flexibility index (Phi) is 5.38. The van der Waals surface area contributed by atoms with E-state index in [2.05, 4.69) is 17.2 Å². The summed E-state index contributed by atoms with van der Waals surface area (Å²) in [5.41, 5.74) is 1.86. The number of hydrogen-bond donors (Lipinski definition) is 2. The van der Waals surface area contributed by atoms with Crippen molar-refractivity contribution in [3.05, 3.63) is 35.4 Å². The smallest absolute Gasteiger partial charge is 0.249 e. The van der Waals surface area contributed by atoms with Gasteiger partial charge in [0.2, 0.25) is 5.91 Å². The molecule has 1 amide bonds. The molecule has 0 spiro atoms. The topological polar surface area (TPSA) is 58.6 Å². The second-order valence-electron chi connectivity index (χ2n) is 5.32. The van der Waals surface area contributed by atoms with Crippen molar-refractivity contribution >= 4 is 5.91 Å². The Balaban J connectivity index is 1.93. The summed E-state index contributed by atoms with van der Waals surface area (Å²) < 4.78 is 5.57. The maximum atomic E-state index is 12.1. The molecule has 3 atom stereocenters. The van der Waals surface area contributed by atoms with Crippen LogP contribution in [-0.2, 0) is 9.53 Å². The molecule has 1 aliphatic rings. The molecule has 0 aliphatic carbocycles. The van der Waals surface area contributed by atoms with Gasteiger partial charge in [-0.05, 0) is 44.4 Å². The van der Waals surface area contributed by atoms with Crippen molar-refractivity contribution in [2.75, 3.05) is 6.61 Å². The summed E-state index contributed by atoms with van der Waals surface area (Å²) in [6, 6.07) is 7.57. The number of benzene rings is 1. The molecule has 2 N–H and O–H groups in total. The highest BCUT2D eigenvalue weighted by molar-refractivity contribution is 5.81. The SMILES string of the molecule is CC1CCC(C(=O)NC(C)c2ccc(C#CCO)cc2)O1. The molecule has 4 nitrogen and oxygen atoms in total. The first-order chi connectivity index (χ1) is 10.1. The minimum atomic E-state index is -0.322. The van der Waals surface area contributed by atoms with Crippen molar-refractivity contribution in [2.24, 2.45) is 0 Å². The van der Waals surface area contributed by atoms with Crippen LogP contribution in [0.2, 0.25) is 0 Å². The molecule has 1 aromatic rings. The lowest BCUT2D eigenvalue weighted by atomic mass is 10.1. The van der Waals surface area contributed by atoms with Gasteiger partial charge < -0.3 is 15.2 Å². The van der Waals surface area contributed by atoms with E-state index in [1.165, 1.54) is 0 Å². The molecule has 1 aliphatic heterocycles. The van der Waals surface area contributed by atoms with E-state index < -0.39 is 0 Å². The van der Waals surface area contributed by atoms with Gasteiger partial charge >= 0.3 is 0 Å². The lowest BCUT2D eigenvalue weighted by Gasteiger charge is -2.17. The van der Waals surface area contributed by atoms with Crippen LogP contribution in [0.15, 0.2) is 24.3 Å². The molecule has 0 aromatic heterocycles. The Morgan fingerprint density at radius 1 is 1.43 bits per heavy atom. The molecule has 112 valence electrons. The minimum Gasteiger partial charge on any atom is -0.384 e. The average Bonchev–Trinajstić information content (AvgIpc) is 2.92. The fourth-order valence-corrected chi connectivity index (χ4v) is 2.38. The van der Waals surface area contributed by atoms with E-state index in [-0.39, 0.29) is 30.8 Å². The Hall–Kier alpha value is -1.83. The van der Waals surface area contributed by atoms with Gasteiger partial charge in [-0.15, -0.1) is 0 Å². The Labute approximate surface area is 125 Å². The molecular weight excluding hydrogens is 266 g/mol. The van der Waals surface area contributed by atoms with Gasteiger partial charge in [-0.25, -0.2) is 0 Å². The zero-order chi connectivity index (χ0) is 15.2. The number of aliphatic hydroxyl groups excluding tert-OH is 1. The molecule has 21 heavy (non-hydrogen) atoms. The van der Waals surface area contributed by atoms with E-state index >= 15 is 0 Å². The summed E-state index contributed by atoms with van der Waals surface area (Å²) in [6.45, 7) is 3.79. The van der Waals surface area contributed by atoms with Crippen LogP contribution in [0.4, 0.5) is 0 Å². The van der Waals surface area contributed by atoms with Gasteiger partial charge in [-0.1, -0.05) is 24.0 Å². The van der Waals surface area contributed by atoms with Gasteiger partial charge in [0.25, 0.3) is 0 Å². The first-order valence-electron chi connectivity index (χ1n) is 7.25. The van der Waals surface area contributed by atoms with Crippen molar-refractivity contribution in [1.29, 1.82) is 0 Å². The van der Waals surface area contributed by atoms with E-state index in [1.807, 2.05) is 38.1 Å². The van der Waals surface area contributed by atoms with Crippen molar-refractivity contribution in [3.63, 3.8) is 0 Å². The van der Waals surface area contributed by atoms with Gasteiger partial charge in [0.1, 0.15) is 12.7 Å². The van der Waals surface area contributed by atoms with Gasteiger partial charge in [0, 0.05) is 5.56 Å². The summed E-state index contributed by atoms with van der Waals surface area (Å²) in [6.07, 6.45) is 1.57. The molecule has 1 aromatic carbocycles. The summed E-state index contributed by atoms with van der Waals surface area (Å²) in [5, 5.41) is 11.6. The standard InChI is InChI=1S/C17H21NO3/c1-12-5-10-16(21-12)17(20)18-13(2)15-8-6-14(7-9-15)4-3-11-19/h6-9,12-13,16,19H,5,10-11H2,1-2H3,(H,18,20). The predicted octanol–water partition coefficient (Wildman–Crippen LogP) is 1.78. The van der Waals surface area contributed by atoms with Crippen LogP contribution >= 0.6 is 0 Å². The fraction of sp³-hybridized carbons (Fsp3) is 0.471. The Morgan fingerprint density at radius 3 is 2.71 bits per heavy atom. The zero-order valence-corrected chi connectivity index (χ0v) is 12.4. The molecule has 0 radical (unpaired) electrons. The average molecular weight is 287 g/mol. The van der Waals surface area contributed by atoms with Crippen molar-refractivity contribution in [1.82, 2.24) is 5.32 Å². The highest BCUT2D eigenvalue weighted by Gasteiger charge is 2.28. The van der Waals surface area contributed by atoms with Crippen LogP contribution in [0.5, 0.6) is 0 Å². The summed E-state index contributed by atoms with van der Waals surface area (Å²) in [5.74, 6) is 5.40. The summed E-state index contributed by atoms with van der Waals surface area (Å²) >= 11 is 0. The van der Waals surface area contributed by atoms with Gasteiger partial charge in [0.15, 0.2) is 0 Å². The molecule has 1 saturated heterocycles. The first-order valence-corrected chi connectivity index (χ1v) is 7.25. The number of hydrogen-bond acceptors (Lipinski definition) is 3. The van der Waals surface area contributed by atoms with Crippen LogP contribution in [0.25, 0.3) is 0 Å². The third kappa shape index (κ3) is 4.32. The number of rotatable bonds is 3. The number of carbonyl (C=O) groups is 1. The largest absolute Gasteiger partial charge is 0.384 e. The first kappa shape index (κ1) is 15.6. The summed E-state index contributed by atoms with van der Waals surface area (Å²) in [7, 11) is 0. The van der Waals surface area contributed by atoms with E-state index in [0.717, 1.165) is 24.0 Å². The molecule has 4 heteroatoms. The molecule has 0 bridgehead atoms. The van der Waals surface area contributed by atoms with Gasteiger partial charge in [-0.3, -0.25) is 4.79 Å². The maximum Gasteiger partial charge on any atom is 0.249 e. The predicted molar refractivity (Wildman–Crippen MR) is 80.5 cm³/mol. The molecule has 1 fully saturated rings. The van der Waals surface area contributed by atoms with E-state index in [9.17, 15) is 4.79 Å². The van der Waals surface area contributed by atoms with E-state index in [4.69, 9.17) is 9.84 Å². The number of carbonyl (C=O) groups excluding carboxylic acids is 1. The third-order valence-corrected chi connectivity index (χ3v) is 3.61. The Bertz CT molecular complexity index is 541. The van der Waals surface area contributed by atoms with Gasteiger partial charge in [-0.2, -0.15) is 0 Å². The Morgan fingerprint density at radius 2 is 2.14 bits per heavy atom. The zero-order valence-electron chi connectivity index (χ0n) is 12.4. The molecule has 2 rings (SSSR count). The maximum absolute atomic E-state index is 12.1. The van der Waals surface area contributed by atoms with Gasteiger partial charge in [0.05, 0.1) is 12.1 Å². The third-order valence-electron chi connectivity index (χ3n) is 3.61. The second kappa shape index (κ2) is 7.26. The van der Waals surface area contributed by atoms with Crippen LogP contribution in [0.1, 0.15) is 43.9 Å². The van der Waals surface area contributed by atoms with Crippen molar-refractivity contribution < 1.29 is 14.6 Å². The quantitative estimate of drug-likeness (QED) is 0.833. The van der Waals surface area contributed by atoms with E-state index in [1.54, 1.807) is 0 Å². The monoisotopic (exact) mass is 287 g/mol. The highest BCUT2D eigenvalue weighted by Crippen LogP contribution is 2.20. The minimum absolute atomic E-state index is 0.0454. The van der Waals surface area contributed by atoms with Crippen molar-refractivity contribution in [2.45, 2.75) is 44.9 Å². The number of nitrogens with one attached hydrogen (secondary N) is 1. The molecular formula is C17H21NO3. The fourth-order valence-electron chi connectivity index (χ4n) is 2.38. The van der Waals surface area contributed by atoms with Crippen LogP contribution in [0, 0.1) is 11.8 Å². The molecule has 0 saturated carbocycles. The van der Waals surface area contributed by atoms with Crippen molar-refractivity contribution in [3.8, 4) is 11.8 Å². The summed E-state index contributed by atoms with van der Waals surface area (Å²) in [4.78, 5) is 12.1. The highest BCUT2D eigenvalue weighted by atomic mass is 16.5. The van der Waals surface area contributed by atoms with E-state index in [0.29, 0.717) is 0 Å². The normalized spacial score (nSPS) is 22.2. The molecule has 1 heterocycles. The molecule has 3 unspecified atom stereocenters. The lowest BCUT2D eigenvalue weighted by Crippen LogP contribution is -2.36. The second-order valence-corrected chi connectivity index (χ2v) is 5.32. The lowest BCUT2D eigenvalue weighted by molar-refractivity contribution is -0.132. The number of ether oxygens (including phenoxy) is 1. The van der Waals surface area contributed by atoms with Crippen LogP contribution < -0.4 is 5.32 Å². The number of aliphatic hydroxyl groups is 1. The van der Waals surface area contributed by atoms with Crippen LogP contribution in [-0.4, -0.2) is 29.8 Å².